The molecule has 2 N–H and O–H groups in total. The summed E-state index contributed by atoms with van der Waals surface area (Å²) < 4.78 is 0. The van der Waals surface area contributed by atoms with Crippen LogP contribution < -0.4 is 0 Å². The van der Waals surface area contributed by atoms with Crippen molar-refractivity contribution in [3.05, 3.63) is 0 Å². The summed E-state index contributed by atoms with van der Waals surface area (Å²) >= 11 is 0. The molecule has 1 aliphatic rings. The highest BCUT2D eigenvalue weighted by molar-refractivity contribution is 6.04. The van der Waals surface area contributed by atoms with E-state index in [1.54, 1.807) is 18.7 Å². The lowest BCUT2D eigenvalue weighted by atomic mass is 9.69. The lowest BCUT2D eigenvalue weighted by Gasteiger charge is -2.40. The highest BCUT2D eigenvalue weighted by atomic mass is 16.4. The largest absolute Gasteiger partial charge is 0.479 e. The lowest BCUT2D eigenvalue weighted by molar-refractivity contribution is -0.173. The number of carboxylic acid groups (broad SMARTS) is 2. The Balaban J connectivity index is 3.37. The smallest absolute Gasteiger partial charge is 0.336 e. The van der Waals surface area contributed by atoms with Crippen molar-refractivity contribution >= 4 is 11.9 Å². The van der Waals surface area contributed by atoms with Crippen molar-refractivity contribution in [1.29, 1.82) is 0 Å². The van der Waals surface area contributed by atoms with E-state index in [0.29, 0.717) is 25.9 Å². The number of aliphatic carboxylic acids is 2. The van der Waals surface area contributed by atoms with Gasteiger partial charge >= 0.3 is 11.9 Å². The van der Waals surface area contributed by atoms with E-state index in [-0.39, 0.29) is 0 Å². The van der Waals surface area contributed by atoms with Gasteiger partial charge in [0.25, 0.3) is 0 Å². The zero-order valence-corrected chi connectivity index (χ0v) is 9.99. The zero-order chi connectivity index (χ0) is 12.6. The second-order valence-corrected chi connectivity index (χ2v) is 4.56. The van der Waals surface area contributed by atoms with Crippen LogP contribution in [0, 0.1) is 5.41 Å². The van der Waals surface area contributed by atoms with E-state index in [1.807, 2.05) is 6.92 Å². The van der Waals surface area contributed by atoms with Crippen LogP contribution in [0.5, 0.6) is 0 Å². The number of likely N-dealkylation sites (N-methyl/N-ethyl adjacent to an activating group) is 1. The van der Waals surface area contributed by atoms with Gasteiger partial charge in [-0.05, 0) is 19.4 Å². The van der Waals surface area contributed by atoms with E-state index < -0.39 is 22.9 Å². The first-order valence-electron chi connectivity index (χ1n) is 5.58. The molecule has 1 rings (SSSR count). The van der Waals surface area contributed by atoms with Gasteiger partial charge in [-0.1, -0.05) is 20.8 Å². The molecule has 0 aromatic carbocycles. The summed E-state index contributed by atoms with van der Waals surface area (Å²) in [4.78, 5) is 24.5. The van der Waals surface area contributed by atoms with Gasteiger partial charge in [-0.25, -0.2) is 9.59 Å². The van der Waals surface area contributed by atoms with Crippen LogP contribution in [-0.2, 0) is 9.59 Å². The van der Waals surface area contributed by atoms with Crippen molar-refractivity contribution in [3.63, 3.8) is 0 Å². The van der Waals surface area contributed by atoms with Gasteiger partial charge in [0.1, 0.15) is 0 Å². The molecular formula is C11H19NO4. The molecule has 1 saturated heterocycles. The fourth-order valence-corrected chi connectivity index (χ4v) is 2.82. The zero-order valence-electron chi connectivity index (χ0n) is 9.99. The topological polar surface area (TPSA) is 77.8 Å². The van der Waals surface area contributed by atoms with Crippen molar-refractivity contribution in [3.8, 4) is 0 Å². The van der Waals surface area contributed by atoms with E-state index >= 15 is 0 Å². The first-order valence-corrected chi connectivity index (χ1v) is 5.58. The molecule has 0 radical (unpaired) electrons. The van der Waals surface area contributed by atoms with Crippen LogP contribution in [0.1, 0.15) is 33.6 Å². The number of nitrogens with zero attached hydrogens (tertiary/aromatic N) is 1. The molecule has 1 aliphatic heterocycles. The number of hydrogen-bond donors (Lipinski definition) is 2. The van der Waals surface area contributed by atoms with Crippen LogP contribution in [0.15, 0.2) is 0 Å². The van der Waals surface area contributed by atoms with Gasteiger partial charge in [0.05, 0.1) is 0 Å². The molecule has 1 unspecified atom stereocenters. The highest BCUT2D eigenvalue weighted by Gasteiger charge is 2.66. The van der Waals surface area contributed by atoms with Gasteiger partial charge in [-0.15, -0.1) is 0 Å². The second kappa shape index (κ2) is 4.05. The van der Waals surface area contributed by atoms with Crippen molar-refractivity contribution in [2.45, 2.75) is 39.2 Å². The van der Waals surface area contributed by atoms with Crippen LogP contribution in [-0.4, -0.2) is 45.7 Å². The molecule has 1 atom stereocenters. The quantitative estimate of drug-likeness (QED) is 0.704. The molecule has 5 nitrogen and oxygen atoms in total. The molecule has 1 heterocycles. The maximum absolute atomic E-state index is 11.5. The van der Waals surface area contributed by atoms with Gasteiger partial charge in [0.15, 0.2) is 0 Å². The predicted molar refractivity (Wildman–Crippen MR) is 58.3 cm³/mol. The van der Waals surface area contributed by atoms with Crippen LogP contribution in [0.25, 0.3) is 0 Å². The number of hydrogen-bond acceptors (Lipinski definition) is 3. The van der Waals surface area contributed by atoms with Crippen LogP contribution in [0.3, 0.4) is 0 Å². The average Bonchev–Trinajstić information content (AvgIpc) is 2.52. The van der Waals surface area contributed by atoms with Crippen molar-refractivity contribution in [1.82, 2.24) is 4.90 Å². The minimum absolute atomic E-state index is 0.439. The summed E-state index contributed by atoms with van der Waals surface area (Å²) in [6.07, 6.45) is 1.15. The molecule has 5 heteroatoms. The van der Waals surface area contributed by atoms with Crippen LogP contribution >= 0.6 is 0 Å². The van der Waals surface area contributed by atoms with E-state index in [9.17, 15) is 19.8 Å². The van der Waals surface area contributed by atoms with Gasteiger partial charge < -0.3 is 10.2 Å². The van der Waals surface area contributed by atoms with E-state index in [2.05, 4.69) is 0 Å². The Morgan fingerprint density at radius 2 is 1.75 bits per heavy atom. The third-order valence-electron chi connectivity index (χ3n) is 4.06. The summed E-state index contributed by atoms with van der Waals surface area (Å²) in [5.41, 5.74) is -2.48. The molecule has 0 aliphatic carbocycles. The minimum atomic E-state index is -1.77. The SMILES string of the molecule is CCN1CCC(C)(CC)C1(C(=O)O)C(=O)O. The molecule has 0 aromatic heterocycles. The third-order valence-corrected chi connectivity index (χ3v) is 4.06. The van der Waals surface area contributed by atoms with Crippen molar-refractivity contribution in [2.24, 2.45) is 5.41 Å². The first-order chi connectivity index (χ1) is 7.36. The Morgan fingerprint density at radius 1 is 1.25 bits per heavy atom. The summed E-state index contributed by atoms with van der Waals surface area (Å²) in [6, 6.07) is 0. The Labute approximate surface area is 95.1 Å². The van der Waals surface area contributed by atoms with E-state index in [4.69, 9.17) is 0 Å². The summed E-state index contributed by atoms with van der Waals surface area (Å²) in [5, 5.41) is 18.8. The molecule has 0 amide bonds. The van der Waals surface area contributed by atoms with E-state index in [1.165, 1.54) is 0 Å². The number of rotatable bonds is 4. The average molecular weight is 229 g/mol. The predicted octanol–water partition coefficient (Wildman–Crippen LogP) is 1.04. The maximum Gasteiger partial charge on any atom is 0.336 e. The normalized spacial score (nSPS) is 29.2. The number of carbonyl (C=O) groups is 2. The Hall–Kier alpha value is -1.10. The van der Waals surface area contributed by atoms with Crippen LogP contribution in [0.2, 0.25) is 0 Å². The minimum Gasteiger partial charge on any atom is -0.479 e. The summed E-state index contributed by atoms with van der Waals surface area (Å²) in [6.45, 7) is 6.36. The molecule has 0 spiro atoms. The third kappa shape index (κ3) is 1.34. The molecule has 16 heavy (non-hydrogen) atoms. The molecule has 0 saturated carbocycles. The molecule has 1 fully saturated rings. The molecule has 0 aromatic rings. The Bertz CT molecular complexity index is 301. The first kappa shape index (κ1) is 13.0. The van der Waals surface area contributed by atoms with Crippen LogP contribution in [0.4, 0.5) is 0 Å². The fourth-order valence-electron chi connectivity index (χ4n) is 2.82. The van der Waals surface area contributed by atoms with Gasteiger partial charge in [0.2, 0.25) is 5.54 Å². The summed E-state index contributed by atoms with van der Waals surface area (Å²) in [7, 11) is 0. The molecule has 0 bridgehead atoms. The van der Waals surface area contributed by atoms with Gasteiger partial charge in [-0.2, -0.15) is 0 Å². The lowest BCUT2D eigenvalue weighted by Crippen LogP contribution is -2.63. The van der Waals surface area contributed by atoms with Crippen molar-refractivity contribution < 1.29 is 19.8 Å². The fraction of sp³-hybridized carbons (Fsp3) is 0.818. The van der Waals surface area contributed by atoms with E-state index in [0.717, 1.165) is 0 Å². The second-order valence-electron chi connectivity index (χ2n) is 4.56. The molecular weight excluding hydrogens is 210 g/mol. The number of likely N-dealkylation sites (tertiary alicyclic amines) is 1. The Morgan fingerprint density at radius 3 is 2.06 bits per heavy atom. The number of carboxylic acids is 2. The Kier molecular flexibility index (Phi) is 3.28. The summed E-state index contributed by atoms with van der Waals surface area (Å²) in [5.74, 6) is -2.49. The van der Waals surface area contributed by atoms with Crippen molar-refractivity contribution in [2.75, 3.05) is 13.1 Å². The highest BCUT2D eigenvalue weighted by Crippen LogP contribution is 2.48. The maximum atomic E-state index is 11.5. The standard InChI is InChI=1S/C11H19NO4/c1-4-10(3)6-7-12(5-2)11(10,8(13)14)9(15)16/h4-7H2,1-3H3,(H,13,14)(H,15,16). The molecule has 92 valence electrons. The monoisotopic (exact) mass is 229 g/mol. The van der Waals surface area contributed by atoms with Gasteiger partial charge in [-0.3, -0.25) is 4.90 Å². The van der Waals surface area contributed by atoms with Gasteiger partial charge in [0, 0.05) is 12.0 Å².